The Kier molecular flexibility index (Phi) is 6.56. The second-order valence-corrected chi connectivity index (χ2v) is 8.66. The molecular formula is C24H31N3O3. The first-order valence-corrected chi connectivity index (χ1v) is 10.5. The van der Waals surface area contributed by atoms with Gasteiger partial charge in [-0.05, 0) is 37.1 Å². The summed E-state index contributed by atoms with van der Waals surface area (Å²) in [4.78, 5) is 26.2. The molecule has 0 radical (unpaired) electrons. The first kappa shape index (κ1) is 22.0. The van der Waals surface area contributed by atoms with Crippen LogP contribution >= 0.6 is 0 Å². The predicted octanol–water partition coefficient (Wildman–Crippen LogP) is 4.56. The molecule has 2 aromatic rings. The van der Waals surface area contributed by atoms with Crippen molar-refractivity contribution in [2.75, 3.05) is 20.1 Å². The van der Waals surface area contributed by atoms with E-state index >= 15 is 0 Å². The predicted molar refractivity (Wildman–Crippen MR) is 118 cm³/mol. The van der Waals surface area contributed by atoms with E-state index < -0.39 is 4.92 Å². The van der Waals surface area contributed by atoms with Crippen molar-refractivity contribution >= 4 is 11.6 Å². The molecule has 1 heterocycles. The Balaban J connectivity index is 0.000000239. The van der Waals surface area contributed by atoms with E-state index in [0.717, 1.165) is 13.1 Å². The molecular weight excluding hydrogens is 378 g/mol. The number of hydrogen-bond acceptors (Lipinski definition) is 4. The van der Waals surface area contributed by atoms with Gasteiger partial charge in [0.2, 0.25) is 5.91 Å². The standard InChI is InChI=1S/C18H26N2O.C6H5NO2/c1-13(21)19(4)17-16(20-11-7-8-12-20)14-9-5-6-10-15(14)18(17,2)3;8-7(9)6-4-2-1-3-5-6/h5-6,9-10,16-17H,7-8,11-12H2,1-4H3;1-5H. The van der Waals surface area contributed by atoms with Crippen LogP contribution in [0.1, 0.15) is 50.8 Å². The van der Waals surface area contributed by atoms with Crippen LogP contribution in [0, 0.1) is 10.1 Å². The molecule has 6 heteroatoms. The van der Waals surface area contributed by atoms with Crippen molar-refractivity contribution < 1.29 is 9.72 Å². The van der Waals surface area contributed by atoms with Crippen molar-refractivity contribution in [1.29, 1.82) is 0 Å². The molecule has 4 rings (SSSR count). The third-order valence-corrected chi connectivity index (χ3v) is 6.43. The van der Waals surface area contributed by atoms with Crippen molar-refractivity contribution in [1.82, 2.24) is 9.80 Å². The van der Waals surface area contributed by atoms with E-state index in [1.165, 1.54) is 36.1 Å². The second kappa shape index (κ2) is 8.96. The Bertz CT molecular complexity index is 892. The van der Waals surface area contributed by atoms with Crippen molar-refractivity contribution in [3.05, 3.63) is 75.8 Å². The Morgan fingerprint density at radius 1 is 1.07 bits per heavy atom. The number of para-hydroxylation sites is 1. The molecule has 6 nitrogen and oxygen atoms in total. The van der Waals surface area contributed by atoms with Gasteiger partial charge in [-0.15, -0.1) is 0 Å². The lowest BCUT2D eigenvalue weighted by atomic mass is 9.81. The number of nitro benzene ring substituents is 1. The molecule has 2 unspecified atom stereocenters. The lowest BCUT2D eigenvalue weighted by molar-refractivity contribution is -0.384. The average Bonchev–Trinajstić information content (AvgIpc) is 3.33. The summed E-state index contributed by atoms with van der Waals surface area (Å²) in [6, 6.07) is 17.2. The van der Waals surface area contributed by atoms with Gasteiger partial charge in [0.25, 0.3) is 5.69 Å². The summed E-state index contributed by atoms with van der Waals surface area (Å²) in [6.07, 6.45) is 2.55. The molecule has 0 spiro atoms. The average molecular weight is 410 g/mol. The van der Waals surface area contributed by atoms with Crippen molar-refractivity contribution in [3.63, 3.8) is 0 Å². The number of likely N-dealkylation sites (tertiary alicyclic amines) is 1. The Morgan fingerprint density at radius 2 is 1.63 bits per heavy atom. The van der Waals surface area contributed by atoms with Gasteiger partial charge in [-0.2, -0.15) is 0 Å². The third kappa shape index (κ3) is 4.24. The molecule has 0 N–H and O–H groups in total. The molecule has 1 amide bonds. The SMILES string of the molecule is CC(=O)N(C)C1C(N2CCCC2)c2ccccc2C1(C)C.O=[N+]([O-])c1ccccc1. The number of rotatable bonds is 3. The molecule has 0 saturated carbocycles. The van der Waals surface area contributed by atoms with Crippen LogP contribution in [0.15, 0.2) is 54.6 Å². The van der Waals surface area contributed by atoms with Crippen LogP contribution in [0.25, 0.3) is 0 Å². The van der Waals surface area contributed by atoms with Gasteiger partial charge in [-0.25, -0.2) is 0 Å². The summed E-state index contributed by atoms with van der Waals surface area (Å²) in [5, 5.41) is 10.0. The number of likely N-dealkylation sites (N-methyl/N-ethyl adjacent to an activating group) is 1. The van der Waals surface area contributed by atoms with Gasteiger partial charge in [0.05, 0.1) is 17.0 Å². The van der Waals surface area contributed by atoms with Crippen LogP contribution in [-0.4, -0.2) is 46.8 Å². The minimum atomic E-state index is -0.417. The van der Waals surface area contributed by atoms with Crippen molar-refractivity contribution in [3.8, 4) is 0 Å². The molecule has 1 saturated heterocycles. The van der Waals surface area contributed by atoms with Gasteiger partial charge in [0, 0.05) is 31.5 Å². The summed E-state index contributed by atoms with van der Waals surface area (Å²) in [6.45, 7) is 8.55. The monoisotopic (exact) mass is 409 g/mol. The van der Waals surface area contributed by atoms with Crippen LogP contribution in [0.5, 0.6) is 0 Å². The number of nitrogens with zero attached hydrogens (tertiary/aromatic N) is 3. The highest BCUT2D eigenvalue weighted by Crippen LogP contribution is 2.50. The molecule has 1 aliphatic heterocycles. The number of nitro groups is 1. The summed E-state index contributed by atoms with van der Waals surface area (Å²) < 4.78 is 0. The number of non-ortho nitro benzene ring substituents is 1. The lowest BCUT2D eigenvalue weighted by Gasteiger charge is -2.41. The van der Waals surface area contributed by atoms with Crippen LogP contribution < -0.4 is 0 Å². The number of carbonyl (C=O) groups is 1. The molecule has 0 aromatic heterocycles. The molecule has 2 aliphatic rings. The van der Waals surface area contributed by atoms with E-state index in [2.05, 4.69) is 43.0 Å². The topological polar surface area (TPSA) is 66.7 Å². The molecule has 2 atom stereocenters. The van der Waals surface area contributed by atoms with E-state index in [4.69, 9.17) is 0 Å². The van der Waals surface area contributed by atoms with Gasteiger partial charge in [0.15, 0.2) is 0 Å². The maximum Gasteiger partial charge on any atom is 0.269 e. The fourth-order valence-corrected chi connectivity index (χ4v) is 4.92. The fraction of sp³-hybridized carbons (Fsp3) is 0.458. The third-order valence-electron chi connectivity index (χ3n) is 6.43. The second-order valence-electron chi connectivity index (χ2n) is 8.66. The number of fused-ring (bicyclic) bond motifs is 1. The van der Waals surface area contributed by atoms with Crippen molar-refractivity contribution in [2.45, 2.75) is 51.1 Å². The fourth-order valence-electron chi connectivity index (χ4n) is 4.92. The van der Waals surface area contributed by atoms with Gasteiger partial charge in [-0.3, -0.25) is 19.8 Å². The highest BCUT2D eigenvalue weighted by molar-refractivity contribution is 5.74. The van der Waals surface area contributed by atoms with E-state index in [1.807, 2.05) is 11.9 Å². The summed E-state index contributed by atoms with van der Waals surface area (Å²) in [5.74, 6) is 0.157. The Hall–Kier alpha value is -2.73. The smallest absolute Gasteiger partial charge is 0.269 e. The maximum atomic E-state index is 12.0. The lowest BCUT2D eigenvalue weighted by Crippen LogP contribution is -2.50. The highest BCUT2D eigenvalue weighted by atomic mass is 16.6. The maximum absolute atomic E-state index is 12.0. The van der Waals surface area contributed by atoms with Crippen molar-refractivity contribution in [2.24, 2.45) is 0 Å². The Morgan fingerprint density at radius 3 is 2.17 bits per heavy atom. The normalized spacial score (nSPS) is 22.0. The molecule has 30 heavy (non-hydrogen) atoms. The molecule has 160 valence electrons. The first-order valence-electron chi connectivity index (χ1n) is 10.5. The Labute approximate surface area is 178 Å². The number of hydrogen-bond donors (Lipinski definition) is 0. The van der Waals surface area contributed by atoms with Crippen LogP contribution in [0.4, 0.5) is 5.69 Å². The van der Waals surface area contributed by atoms with Gasteiger partial charge < -0.3 is 4.90 Å². The highest BCUT2D eigenvalue weighted by Gasteiger charge is 2.51. The quantitative estimate of drug-likeness (QED) is 0.551. The zero-order chi connectivity index (χ0) is 21.9. The minimum Gasteiger partial charge on any atom is -0.340 e. The largest absolute Gasteiger partial charge is 0.340 e. The van der Waals surface area contributed by atoms with Crippen LogP contribution in [-0.2, 0) is 10.2 Å². The molecule has 1 fully saturated rings. The number of carbonyl (C=O) groups excluding carboxylic acids is 1. The summed E-state index contributed by atoms with van der Waals surface area (Å²) in [5.41, 5.74) is 2.95. The molecule has 2 aromatic carbocycles. The summed E-state index contributed by atoms with van der Waals surface area (Å²) >= 11 is 0. The first-order chi connectivity index (χ1) is 14.2. The zero-order valence-corrected chi connectivity index (χ0v) is 18.2. The van der Waals surface area contributed by atoms with Gasteiger partial charge >= 0.3 is 0 Å². The number of benzene rings is 2. The van der Waals surface area contributed by atoms with E-state index in [9.17, 15) is 14.9 Å². The van der Waals surface area contributed by atoms with Crippen LogP contribution in [0.3, 0.4) is 0 Å². The van der Waals surface area contributed by atoms with E-state index in [0.29, 0.717) is 6.04 Å². The van der Waals surface area contributed by atoms with E-state index in [1.54, 1.807) is 25.1 Å². The van der Waals surface area contributed by atoms with E-state index in [-0.39, 0.29) is 23.1 Å². The van der Waals surface area contributed by atoms with Crippen LogP contribution in [0.2, 0.25) is 0 Å². The summed E-state index contributed by atoms with van der Waals surface area (Å²) in [7, 11) is 1.96. The van der Waals surface area contributed by atoms with Gasteiger partial charge in [-0.1, -0.05) is 56.3 Å². The van der Waals surface area contributed by atoms with Gasteiger partial charge in [0.1, 0.15) is 0 Å². The number of amides is 1. The minimum absolute atomic E-state index is 0.00965. The molecule has 1 aliphatic carbocycles. The zero-order valence-electron chi connectivity index (χ0n) is 18.2. The molecule has 0 bridgehead atoms.